The summed E-state index contributed by atoms with van der Waals surface area (Å²) in [4.78, 5) is 26.6. The fourth-order valence-corrected chi connectivity index (χ4v) is 4.71. The van der Waals surface area contributed by atoms with E-state index in [1.807, 2.05) is 49.4 Å². The van der Waals surface area contributed by atoms with E-state index in [1.165, 1.54) is 11.3 Å². The Bertz CT molecular complexity index is 1290. The second-order valence-electron chi connectivity index (χ2n) is 7.21. The number of anilines is 1. The predicted molar refractivity (Wildman–Crippen MR) is 129 cm³/mol. The molecule has 1 amide bonds. The molecule has 1 heterocycles. The van der Waals surface area contributed by atoms with E-state index in [9.17, 15) is 9.59 Å². The molecule has 0 radical (unpaired) electrons. The van der Waals surface area contributed by atoms with E-state index in [-0.39, 0.29) is 12.5 Å². The van der Waals surface area contributed by atoms with Gasteiger partial charge in [-0.1, -0.05) is 36.4 Å². The van der Waals surface area contributed by atoms with Crippen molar-refractivity contribution in [3.05, 3.63) is 82.7 Å². The van der Waals surface area contributed by atoms with Gasteiger partial charge in [-0.15, -0.1) is 11.3 Å². The number of carbonyl (C=O) groups is 2. The molecule has 0 saturated heterocycles. The SMILES string of the molecule is CCOC(=O)c1c(NC(=O)c2ccccc2)sc(C)c1-c1ccc2cc(OC)ccc2c1. The number of ether oxygens (including phenoxy) is 2. The number of hydrogen-bond acceptors (Lipinski definition) is 5. The Labute approximate surface area is 190 Å². The average Bonchev–Trinajstić information content (AvgIpc) is 3.14. The van der Waals surface area contributed by atoms with Gasteiger partial charge in [0.25, 0.3) is 5.91 Å². The molecule has 0 aliphatic heterocycles. The van der Waals surface area contributed by atoms with Crippen LogP contribution in [0.5, 0.6) is 5.75 Å². The summed E-state index contributed by atoms with van der Waals surface area (Å²) in [7, 11) is 1.64. The van der Waals surface area contributed by atoms with Gasteiger partial charge in [-0.3, -0.25) is 4.79 Å². The maximum absolute atomic E-state index is 13.0. The van der Waals surface area contributed by atoms with Gasteiger partial charge in [-0.25, -0.2) is 4.79 Å². The van der Waals surface area contributed by atoms with E-state index in [1.54, 1.807) is 38.3 Å². The monoisotopic (exact) mass is 445 g/mol. The van der Waals surface area contributed by atoms with E-state index in [0.717, 1.165) is 32.5 Å². The summed E-state index contributed by atoms with van der Waals surface area (Å²) in [6.45, 7) is 3.96. The second-order valence-corrected chi connectivity index (χ2v) is 8.43. The first-order valence-electron chi connectivity index (χ1n) is 10.3. The molecule has 0 unspecified atom stereocenters. The quantitative estimate of drug-likeness (QED) is 0.353. The van der Waals surface area contributed by atoms with Gasteiger partial charge in [-0.2, -0.15) is 0 Å². The van der Waals surface area contributed by atoms with Crippen LogP contribution in [-0.2, 0) is 4.74 Å². The van der Waals surface area contributed by atoms with E-state index < -0.39 is 5.97 Å². The molecule has 5 nitrogen and oxygen atoms in total. The van der Waals surface area contributed by atoms with Gasteiger partial charge >= 0.3 is 5.97 Å². The van der Waals surface area contributed by atoms with E-state index in [4.69, 9.17) is 9.47 Å². The largest absolute Gasteiger partial charge is 0.497 e. The summed E-state index contributed by atoms with van der Waals surface area (Å²) in [6.07, 6.45) is 0. The molecule has 32 heavy (non-hydrogen) atoms. The zero-order valence-electron chi connectivity index (χ0n) is 18.1. The molecule has 0 saturated carbocycles. The second kappa shape index (κ2) is 9.24. The van der Waals surface area contributed by atoms with Gasteiger partial charge in [-0.05, 0) is 60.5 Å². The van der Waals surface area contributed by atoms with Crippen molar-refractivity contribution in [3.8, 4) is 16.9 Å². The smallest absolute Gasteiger partial charge is 0.341 e. The highest BCUT2D eigenvalue weighted by atomic mass is 32.1. The molecule has 0 atom stereocenters. The van der Waals surface area contributed by atoms with Crippen molar-refractivity contribution in [1.29, 1.82) is 0 Å². The van der Waals surface area contributed by atoms with Crippen LogP contribution < -0.4 is 10.1 Å². The molecule has 0 bridgehead atoms. The van der Waals surface area contributed by atoms with Gasteiger partial charge in [0.1, 0.15) is 16.3 Å². The molecule has 4 aromatic rings. The molecule has 162 valence electrons. The van der Waals surface area contributed by atoms with E-state index in [2.05, 4.69) is 5.32 Å². The Morgan fingerprint density at radius 2 is 1.69 bits per heavy atom. The van der Waals surface area contributed by atoms with Crippen LogP contribution in [0.1, 0.15) is 32.5 Å². The number of thiophene rings is 1. The molecule has 0 aliphatic carbocycles. The van der Waals surface area contributed by atoms with Crippen LogP contribution in [0, 0.1) is 6.92 Å². The predicted octanol–water partition coefficient (Wildman–Crippen LogP) is 6.31. The summed E-state index contributed by atoms with van der Waals surface area (Å²) < 4.78 is 10.7. The van der Waals surface area contributed by atoms with Crippen molar-refractivity contribution < 1.29 is 19.1 Å². The maximum atomic E-state index is 13.0. The number of fused-ring (bicyclic) bond motifs is 1. The van der Waals surface area contributed by atoms with E-state index in [0.29, 0.717) is 16.1 Å². The lowest BCUT2D eigenvalue weighted by Crippen LogP contribution is -2.14. The van der Waals surface area contributed by atoms with Crippen molar-refractivity contribution in [2.75, 3.05) is 19.0 Å². The summed E-state index contributed by atoms with van der Waals surface area (Å²) in [5.74, 6) is 0.0645. The topological polar surface area (TPSA) is 64.6 Å². The highest BCUT2D eigenvalue weighted by molar-refractivity contribution is 7.17. The lowest BCUT2D eigenvalue weighted by atomic mass is 9.98. The number of benzene rings is 3. The van der Waals surface area contributed by atoms with Gasteiger partial charge in [0, 0.05) is 16.0 Å². The zero-order valence-corrected chi connectivity index (χ0v) is 18.9. The molecule has 4 rings (SSSR count). The van der Waals surface area contributed by atoms with Crippen molar-refractivity contribution in [3.63, 3.8) is 0 Å². The third-order valence-corrected chi connectivity index (χ3v) is 6.18. The number of hydrogen-bond donors (Lipinski definition) is 1. The molecule has 1 aromatic heterocycles. The van der Waals surface area contributed by atoms with Gasteiger partial charge in [0.05, 0.1) is 13.7 Å². The Hall–Kier alpha value is -3.64. The fourth-order valence-electron chi connectivity index (χ4n) is 3.65. The standard InChI is InChI=1S/C26H23NO4S/c1-4-31-26(29)23-22(20-11-10-19-15-21(30-3)13-12-18(19)14-20)16(2)32-25(23)27-24(28)17-8-6-5-7-9-17/h5-15H,4H2,1-3H3,(H,27,28). The zero-order chi connectivity index (χ0) is 22.7. The molecule has 3 aromatic carbocycles. The van der Waals surface area contributed by atoms with E-state index >= 15 is 0 Å². The summed E-state index contributed by atoms with van der Waals surface area (Å²) in [5.41, 5.74) is 2.57. The summed E-state index contributed by atoms with van der Waals surface area (Å²) >= 11 is 1.37. The average molecular weight is 446 g/mol. The number of esters is 1. The Morgan fingerprint density at radius 1 is 0.969 bits per heavy atom. The van der Waals surface area contributed by atoms with Crippen molar-refractivity contribution in [2.45, 2.75) is 13.8 Å². The van der Waals surface area contributed by atoms with Crippen LogP contribution in [0.4, 0.5) is 5.00 Å². The minimum Gasteiger partial charge on any atom is -0.497 e. The highest BCUT2D eigenvalue weighted by Crippen LogP contribution is 2.41. The van der Waals surface area contributed by atoms with Crippen LogP contribution in [0.25, 0.3) is 21.9 Å². The fraction of sp³-hybridized carbons (Fsp3) is 0.154. The molecule has 0 fully saturated rings. The molecule has 0 spiro atoms. The summed E-state index contributed by atoms with van der Waals surface area (Å²) in [6, 6.07) is 20.8. The van der Waals surface area contributed by atoms with Crippen molar-refractivity contribution >= 4 is 39.0 Å². The van der Waals surface area contributed by atoms with Crippen molar-refractivity contribution in [1.82, 2.24) is 0 Å². The third kappa shape index (κ3) is 4.22. The minimum atomic E-state index is -0.454. The first-order valence-corrected chi connectivity index (χ1v) is 11.1. The first kappa shape index (κ1) is 21.6. The van der Waals surface area contributed by atoms with Crippen LogP contribution >= 0.6 is 11.3 Å². The number of nitrogens with one attached hydrogen (secondary N) is 1. The minimum absolute atomic E-state index is 0.247. The van der Waals surface area contributed by atoms with Gasteiger partial charge in [0.15, 0.2) is 0 Å². The Kier molecular flexibility index (Phi) is 6.23. The van der Waals surface area contributed by atoms with Crippen LogP contribution in [0.2, 0.25) is 0 Å². The number of amides is 1. The lowest BCUT2D eigenvalue weighted by molar-refractivity contribution is 0.0529. The third-order valence-electron chi connectivity index (χ3n) is 5.16. The number of aryl methyl sites for hydroxylation is 1. The number of methoxy groups -OCH3 is 1. The molecule has 1 N–H and O–H groups in total. The van der Waals surface area contributed by atoms with Crippen LogP contribution in [0.3, 0.4) is 0 Å². The number of rotatable bonds is 6. The maximum Gasteiger partial charge on any atom is 0.341 e. The van der Waals surface area contributed by atoms with Crippen molar-refractivity contribution in [2.24, 2.45) is 0 Å². The normalized spacial score (nSPS) is 10.7. The molecule has 6 heteroatoms. The van der Waals surface area contributed by atoms with Crippen LogP contribution in [-0.4, -0.2) is 25.6 Å². The Morgan fingerprint density at radius 3 is 2.41 bits per heavy atom. The Balaban J connectivity index is 1.80. The lowest BCUT2D eigenvalue weighted by Gasteiger charge is -2.10. The highest BCUT2D eigenvalue weighted by Gasteiger charge is 2.26. The van der Waals surface area contributed by atoms with Gasteiger partial charge < -0.3 is 14.8 Å². The molecular formula is C26H23NO4S. The van der Waals surface area contributed by atoms with Gasteiger partial charge in [0.2, 0.25) is 0 Å². The number of carbonyl (C=O) groups excluding carboxylic acids is 2. The summed E-state index contributed by atoms with van der Waals surface area (Å²) in [5, 5.41) is 5.46. The molecule has 0 aliphatic rings. The first-order chi connectivity index (χ1) is 15.5. The van der Waals surface area contributed by atoms with Crippen LogP contribution in [0.15, 0.2) is 66.7 Å². The molecular weight excluding hydrogens is 422 g/mol.